The predicted octanol–water partition coefficient (Wildman–Crippen LogP) is 3.50. The molecular weight excluding hydrogens is 212 g/mol. The van der Waals surface area contributed by atoms with E-state index in [1.165, 1.54) is 6.92 Å². The number of halogens is 1. The highest BCUT2D eigenvalue weighted by molar-refractivity contribution is 6.35. The summed E-state index contributed by atoms with van der Waals surface area (Å²) in [5, 5.41) is 0.367. The summed E-state index contributed by atoms with van der Waals surface area (Å²) in [6, 6.07) is 5.16. The Kier molecular flexibility index (Phi) is 3.92. The number of ether oxygens (including phenoxy) is 1. The standard InChI is InChI=1S/C12H13ClO2/c1-8(2)7-15-11-6-4-5-10(9(3)14)12(11)13/h4-6H,1,7H2,2-3H3. The Labute approximate surface area is 94.5 Å². The lowest BCUT2D eigenvalue weighted by Gasteiger charge is -2.09. The second-order valence-corrected chi connectivity index (χ2v) is 3.80. The van der Waals surface area contributed by atoms with Crippen molar-refractivity contribution in [1.29, 1.82) is 0 Å². The van der Waals surface area contributed by atoms with Crippen LogP contribution in [0.5, 0.6) is 5.75 Å². The number of benzene rings is 1. The van der Waals surface area contributed by atoms with E-state index in [4.69, 9.17) is 16.3 Å². The largest absolute Gasteiger partial charge is 0.488 e. The molecule has 80 valence electrons. The van der Waals surface area contributed by atoms with Gasteiger partial charge in [-0.3, -0.25) is 4.79 Å². The molecule has 1 aromatic carbocycles. The Bertz CT molecular complexity index is 397. The van der Waals surface area contributed by atoms with E-state index in [1.54, 1.807) is 18.2 Å². The Morgan fingerprint density at radius 2 is 2.13 bits per heavy atom. The fraction of sp³-hybridized carbons (Fsp3) is 0.250. The SMILES string of the molecule is C=C(C)COc1cccc(C(C)=O)c1Cl. The van der Waals surface area contributed by atoms with E-state index < -0.39 is 0 Å². The van der Waals surface area contributed by atoms with Crippen LogP contribution in [0.4, 0.5) is 0 Å². The van der Waals surface area contributed by atoms with Gasteiger partial charge in [0.2, 0.25) is 0 Å². The van der Waals surface area contributed by atoms with Crippen molar-refractivity contribution in [1.82, 2.24) is 0 Å². The molecule has 0 atom stereocenters. The lowest BCUT2D eigenvalue weighted by atomic mass is 10.1. The average Bonchev–Trinajstić information content (AvgIpc) is 2.15. The van der Waals surface area contributed by atoms with Crippen molar-refractivity contribution in [2.75, 3.05) is 6.61 Å². The number of hydrogen-bond acceptors (Lipinski definition) is 2. The zero-order chi connectivity index (χ0) is 11.4. The van der Waals surface area contributed by atoms with Gasteiger partial charge in [-0.05, 0) is 31.6 Å². The molecule has 0 aromatic heterocycles. The second kappa shape index (κ2) is 4.99. The zero-order valence-electron chi connectivity index (χ0n) is 8.84. The topological polar surface area (TPSA) is 26.3 Å². The van der Waals surface area contributed by atoms with Crippen LogP contribution < -0.4 is 4.74 Å². The fourth-order valence-corrected chi connectivity index (χ4v) is 1.41. The van der Waals surface area contributed by atoms with Gasteiger partial charge in [-0.1, -0.05) is 24.2 Å². The monoisotopic (exact) mass is 224 g/mol. The zero-order valence-corrected chi connectivity index (χ0v) is 9.60. The molecule has 0 saturated heterocycles. The summed E-state index contributed by atoms with van der Waals surface area (Å²) in [6.45, 7) is 7.47. The molecule has 0 bridgehead atoms. The lowest BCUT2D eigenvalue weighted by Crippen LogP contribution is -2.01. The molecule has 0 fully saturated rings. The first-order valence-electron chi connectivity index (χ1n) is 4.59. The smallest absolute Gasteiger partial charge is 0.161 e. The van der Waals surface area contributed by atoms with Gasteiger partial charge in [-0.15, -0.1) is 0 Å². The van der Waals surface area contributed by atoms with Gasteiger partial charge in [0.1, 0.15) is 12.4 Å². The molecule has 3 heteroatoms. The summed E-state index contributed by atoms with van der Waals surface area (Å²) < 4.78 is 5.41. The van der Waals surface area contributed by atoms with E-state index in [0.29, 0.717) is 22.9 Å². The first-order chi connectivity index (χ1) is 7.02. The Hall–Kier alpha value is -1.28. The maximum atomic E-state index is 11.2. The van der Waals surface area contributed by atoms with Gasteiger partial charge in [0.15, 0.2) is 5.78 Å². The third-order valence-corrected chi connectivity index (χ3v) is 2.21. The molecule has 0 aliphatic carbocycles. The van der Waals surface area contributed by atoms with Crippen LogP contribution in [0.1, 0.15) is 24.2 Å². The highest BCUT2D eigenvalue weighted by Crippen LogP contribution is 2.28. The Morgan fingerprint density at radius 3 is 2.67 bits per heavy atom. The number of Topliss-reactive ketones (excluding diaryl/α,β-unsaturated/α-hetero) is 1. The molecule has 0 N–H and O–H groups in total. The molecule has 15 heavy (non-hydrogen) atoms. The van der Waals surface area contributed by atoms with Crippen molar-refractivity contribution >= 4 is 17.4 Å². The average molecular weight is 225 g/mol. The minimum Gasteiger partial charge on any atom is -0.488 e. The quantitative estimate of drug-likeness (QED) is 0.578. The number of hydrogen-bond donors (Lipinski definition) is 0. The number of ketones is 1. The van der Waals surface area contributed by atoms with Crippen LogP contribution in [-0.2, 0) is 0 Å². The minimum absolute atomic E-state index is 0.0687. The predicted molar refractivity (Wildman–Crippen MR) is 61.8 cm³/mol. The molecule has 1 rings (SSSR count). The molecule has 0 aliphatic rings. The second-order valence-electron chi connectivity index (χ2n) is 3.42. The van der Waals surface area contributed by atoms with E-state index in [1.807, 2.05) is 6.92 Å². The minimum atomic E-state index is -0.0687. The van der Waals surface area contributed by atoms with Crippen LogP contribution in [0.15, 0.2) is 30.4 Å². The van der Waals surface area contributed by atoms with Gasteiger partial charge in [0.05, 0.1) is 5.02 Å². The molecule has 0 aliphatic heterocycles. The summed E-state index contributed by atoms with van der Waals surface area (Å²) >= 11 is 6.01. The summed E-state index contributed by atoms with van der Waals surface area (Å²) in [4.78, 5) is 11.2. The molecule has 0 amide bonds. The normalized spacial score (nSPS) is 9.80. The van der Waals surface area contributed by atoms with Crippen molar-refractivity contribution in [3.63, 3.8) is 0 Å². The van der Waals surface area contributed by atoms with Crippen molar-refractivity contribution < 1.29 is 9.53 Å². The van der Waals surface area contributed by atoms with Gasteiger partial charge in [0, 0.05) is 5.56 Å². The molecule has 0 unspecified atom stereocenters. The lowest BCUT2D eigenvalue weighted by molar-refractivity contribution is 0.101. The summed E-state index contributed by atoms with van der Waals surface area (Å²) in [5.41, 5.74) is 1.38. The van der Waals surface area contributed by atoms with Gasteiger partial charge >= 0.3 is 0 Å². The van der Waals surface area contributed by atoms with Crippen molar-refractivity contribution in [2.45, 2.75) is 13.8 Å². The molecule has 2 nitrogen and oxygen atoms in total. The summed E-state index contributed by atoms with van der Waals surface area (Å²) in [6.07, 6.45) is 0. The van der Waals surface area contributed by atoms with Gasteiger partial charge in [0.25, 0.3) is 0 Å². The molecule has 0 spiro atoms. The van der Waals surface area contributed by atoms with E-state index >= 15 is 0 Å². The number of rotatable bonds is 4. The Morgan fingerprint density at radius 1 is 1.47 bits per heavy atom. The number of carbonyl (C=O) groups is 1. The van der Waals surface area contributed by atoms with Crippen molar-refractivity contribution in [3.05, 3.63) is 40.9 Å². The third kappa shape index (κ3) is 3.10. The number of carbonyl (C=O) groups excluding carboxylic acids is 1. The van der Waals surface area contributed by atoms with Crippen LogP contribution >= 0.6 is 11.6 Å². The third-order valence-electron chi connectivity index (χ3n) is 1.82. The van der Waals surface area contributed by atoms with E-state index in [9.17, 15) is 4.79 Å². The van der Waals surface area contributed by atoms with Gasteiger partial charge in [-0.25, -0.2) is 0 Å². The van der Waals surface area contributed by atoms with Crippen LogP contribution in [0.25, 0.3) is 0 Å². The molecule has 0 saturated carbocycles. The Balaban J connectivity index is 2.94. The maximum Gasteiger partial charge on any atom is 0.161 e. The van der Waals surface area contributed by atoms with E-state index in [2.05, 4.69) is 6.58 Å². The summed E-state index contributed by atoms with van der Waals surface area (Å²) in [7, 11) is 0. The first-order valence-corrected chi connectivity index (χ1v) is 4.96. The fourth-order valence-electron chi connectivity index (χ4n) is 1.10. The van der Waals surface area contributed by atoms with Gasteiger partial charge < -0.3 is 4.74 Å². The molecule has 1 aromatic rings. The van der Waals surface area contributed by atoms with Crippen LogP contribution in [0.2, 0.25) is 5.02 Å². The van der Waals surface area contributed by atoms with E-state index in [0.717, 1.165) is 5.57 Å². The van der Waals surface area contributed by atoms with Crippen LogP contribution in [0, 0.1) is 0 Å². The highest BCUT2D eigenvalue weighted by atomic mass is 35.5. The van der Waals surface area contributed by atoms with Crippen LogP contribution in [-0.4, -0.2) is 12.4 Å². The van der Waals surface area contributed by atoms with E-state index in [-0.39, 0.29) is 5.78 Å². The highest BCUT2D eigenvalue weighted by Gasteiger charge is 2.10. The van der Waals surface area contributed by atoms with Gasteiger partial charge in [-0.2, -0.15) is 0 Å². The summed E-state index contributed by atoms with van der Waals surface area (Å²) in [5.74, 6) is 0.452. The molecular formula is C12H13ClO2. The molecule has 0 heterocycles. The first kappa shape index (κ1) is 11.8. The molecule has 0 radical (unpaired) electrons. The maximum absolute atomic E-state index is 11.2. The van der Waals surface area contributed by atoms with Crippen molar-refractivity contribution in [3.8, 4) is 5.75 Å². The van der Waals surface area contributed by atoms with Crippen LogP contribution in [0.3, 0.4) is 0 Å². The van der Waals surface area contributed by atoms with Crippen molar-refractivity contribution in [2.24, 2.45) is 0 Å².